The maximum atomic E-state index is 11.6. The van der Waals surface area contributed by atoms with Crippen LogP contribution in [0, 0.1) is 0 Å². The molecule has 0 aromatic heterocycles. The first-order chi connectivity index (χ1) is 9.15. The average Bonchev–Trinajstić information content (AvgIpc) is 2.26. The third kappa shape index (κ3) is 8.90. The van der Waals surface area contributed by atoms with Gasteiger partial charge in [-0.1, -0.05) is 0 Å². The molecule has 0 rings (SSSR count). The lowest BCUT2D eigenvalue weighted by Crippen LogP contribution is -2.36. The lowest BCUT2D eigenvalue weighted by Gasteiger charge is -2.18. The molecule has 0 heterocycles. The van der Waals surface area contributed by atoms with Crippen LogP contribution in [0.4, 0.5) is 4.79 Å². The Morgan fingerprint density at radius 3 is 2.25 bits per heavy atom. The van der Waals surface area contributed by atoms with E-state index in [1.807, 2.05) is 0 Å². The van der Waals surface area contributed by atoms with E-state index in [2.05, 4.69) is 15.8 Å². The summed E-state index contributed by atoms with van der Waals surface area (Å²) in [5.41, 5.74) is 1.27. The van der Waals surface area contributed by atoms with Crippen molar-refractivity contribution in [2.45, 2.75) is 40.2 Å². The fraction of sp³-hybridized carbons (Fsp3) is 0.667. The number of nitrogens with zero attached hydrogens (tertiary/aromatic N) is 1. The van der Waals surface area contributed by atoms with Crippen molar-refractivity contribution >= 4 is 23.7 Å². The van der Waals surface area contributed by atoms with Gasteiger partial charge in [0.1, 0.15) is 5.60 Å². The van der Waals surface area contributed by atoms with Crippen molar-refractivity contribution in [1.82, 2.24) is 10.7 Å². The molecule has 0 atom stereocenters. The molecule has 0 bridgehead atoms. The molecule has 2 N–H and O–H groups in total. The van der Waals surface area contributed by atoms with Crippen LogP contribution < -0.4 is 10.7 Å². The summed E-state index contributed by atoms with van der Waals surface area (Å²) >= 11 is 0. The van der Waals surface area contributed by atoms with Gasteiger partial charge in [0.25, 0.3) is 0 Å². The molecule has 2 amide bonds. The Kier molecular flexibility index (Phi) is 7.27. The first-order valence-electron chi connectivity index (χ1n) is 6.12. The monoisotopic (exact) mass is 287 g/mol. The molecular formula is C12H21N3O5. The summed E-state index contributed by atoms with van der Waals surface area (Å²) in [6, 6.07) is 0. The van der Waals surface area contributed by atoms with Crippen molar-refractivity contribution in [3.8, 4) is 0 Å². The third-order valence-corrected chi connectivity index (χ3v) is 1.70. The predicted molar refractivity (Wildman–Crippen MR) is 72.1 cm³/mol. The molecule has 0 spiro atoms. The molecule has 0 aromatic carbocycles. The van der Waals surface area contributed by atoms with Crippen molar-refractivity contribution in [3.05, 3.63) is 0 Å². The van der Waals surface area contributed by atoms with Gasteiger partial charge in [-0.2, -0.15) is 5.10 Å². The second-order valence-corrected chi connectivity index (χ2v) is 4.80. The number of ether oxygens (including phenoxy) is 2. The highest BCUT2D eigenvalue weighted by Gasteiger charge is 2.18. The van der Waals surface area contributed by atoms with Crippen LogP contribution >= 0.6 is 0 Å². The number of nitrogens with one attached hydrogen (secondary N) is 2. The van der Waals surface area contributed by atoms with Crippen LogP contribution in [0.3, 0.4) is 0 Å². The summed E-state index contributed by atoms with van der Waals surface area (Å²) in [6.45, 7) is 8.02. The standard InChI is InChI=1S/C12H21N3O5/c1-6-19-10(17)9(7-13-8(2)16)14-15-11(18)20-12(3,4)5/h6-7H2,1-5H3,(H,13,16)(H,15,18). The SMILES string of the molecule is CCOC(=O)C(CNC(C)=O)=NNC(=O)OC(C)(C)C. The van der Waals surface area contributed by atoms with Crippen molar-refractivity contribution in [2.24, 2.45) is 5.10 Å². The van der Waals surface area contributed by atoms with Crippen molar-refractivity contribution < 1.29 is 23.9 Å². The number of hydrogen-bond acceptors (Lipinski definition) is 6. The molecule has 0 radical (unpaired) electrons. The van der Waals surface area contributed by atoms with Gasteiger partial charge >= 0.3 is 12.1 Å². The van der Waals surface area contributed by atoms with Gasteiger partial charge in [-0.05, 0) is 27.7 Å². The molecule has 8 heteroatoms. The van der Waals surface area contributed by atoms with Gasteiger partial charge in [0, 0.05) is 6.92 Å². The van der Waals surface area contributed by atoms with E-state index in [9.17, 15) is 14.4 Å². The van der Waals surface area contributed by atoms with E-state index in [1.165, 1.54) is 6.92 Å². The van der Waals surface area contributed by atoms with Gasteiger partial charge in [0.05, 0.1) is 13.2 Å². The molecule has 0 saturated carbocycles. The quantitative estimate of drug-likeness (QED) is 0.437. The number of carbonyl (C=O) groups excluding carboxylic acids is 3. The Morgan fingerprint density at radius 2 is 1.80 bits per heavy atom. The van der Waals surface area contributed by atoms with E-state index in [-0.39, 0.29) is 24.8 Å². The molecule has 0 fully saturated rings. The molecular weight excluding hydrogens is 266 g/mol. The van der Waals surface area contributed by atoms with Gasteiger partial charge in [-0.15, -0.1) is 0 Å². The minimum atomic E-state index is -0.804. The van der Waals surface area contributed by atoms with Gasteiger partial charge in [0.15, 0.2) is 5.71 Å². The number of esters is 1. The minimum absolute atomic E-state index is 0.132. The Hall–Kier alpha value is -2.12. The van der Waals surface area contributed by atoms with Gasteiger partial charge < -0.3 is 14.8 Å². The van der Waals surface area contributed by atoms with Crippen LogP contribution in [-0.2, 0) is 19.1 Å². The van der Waals surface area contributed by atoms with Crippen molar-refractivity contribution in [3.63, 3.8) is 0 Å². The zero-order valence-electron chi connectivity index (χ0n) is 12.4. The summed E-state index contributed by atoms with van der Waals surface area (Å²) in [6.07, 6.45) is -0.804. The van der Waals surface area contributed by atoms with Crippen LogP contribution in [0.5, 0.6) is 0 Å². The molecule has 0 saturated heterocycles. The highest BCUT2D eigenvalue weighted by Crippen LogP contribution is 2.06. The maximum Gasteiger partial charge on any atom is 0.428 e. The number of amides is 2. The number of carbonyl (C=O) groups is 3. The fourth-order valence-electron chi connectivity index (χ4n) is 0.994. The Labute approximate surface area is 117 Å². The molecule has 0 aliphatic rings. The number of rotatable bonds is 5. The summed E-state index contributed by atoms with van der Waals surface area (Å²) in [5, 5.41) is 6.00. The Bertz CT molecular complexity index is 398. The van der Waals surface area contributed by atoms with Crippen LogP contribution in [-0.4, -0.2) is 42.4 Å². The van der Waals surface area contributed by atoms with E-state index >= 15 is 0 Å². The lowest BCUT2D eigenvalue weighted by molar-refractivity contribution is -0.135. The summed E-state index contributed by atoms with van der Waals surface area (Å²) in [5.74, 6) is -1.06. The molecule has 20 heavy (non-hydrogen) atoms. The third-order valence-electron chi connectivity index (χ3n) is 1.70. The van der Waals surface area contributed by atoms with E-state index in [0.717, 1.165) is 0 Å². The largest absolute Gasteiger partial charge is 0.461 e. The summed E-state index contributed by atoms with van der Waals surface area (Å²) < 4.78 is 9.71. The van der Waals surface area contributed by atoms with E-state index in [4.69, 9.17) is 9.47 Å². The van der Waals surface area contributed by atoms with Crippen LogP contribution in [0.15, 0.2) is 5.10 Å². The molecule has 114 valence electrons. The zero-order valence-corrected chi connectivity index (χ0v) is 12.4. The Morgan fingerprint density at radius 1 is 1.20 bits per heavy atom. The zero-order chi connectivity index (χ0) is 15.8. The number of hydrazone groups is 1. The maximum absolute atomic E-state index is 11.6. The van der Waals surface area contributed by atoms with E-state index < -0.39 is 17.7 Å². The van der Waals surface area contributed by atoms with Crippen molar-refractivity contribution in [2.75, 3.05) is 13.2 Å². The topological polar surface area (TPSA) is 106 Å². The Balaban J connectivity index is 4.67. The average molecular weight is 287 g/mol. The molecule has 0 aliphatic heterocycles. The first-order valence-corrected chi connectivity index (χ1v) is 6.12. The van der Waals surface area contributed by atoms with Crippen molar-refractivity contribution in [1.29, 1.82) is 0 Å². The normalized spacial score (nSPS) is 11.6. The van der Waals surface area contributed by atoms with Gasteiger partial charge in [-0.25, -0.2) is 15.0 Å². The van der Waals surface area contributed by atoms with Crippen LogP contribution in [0.1, 0.15) is 34.6 Å². The van der Waals surface area contributed by atoms with Crippen LogP contribution in [0.2, 0.25) is 0 Å². The molecule has 0 unspecified atom stereocenters. The number of hydrogen-bond donors (Lipinski definition) is 2. The molecule has 0 aromatic rings. The summed E-state index contributed by atoms with van der Waals surface area (Å²) in [7, 11) is 0. The smallest absolute Gasteiger partial charge is 0.428 e. The predicted octanol–water partition coefficient (Wildman–Crippen LogP) is 0.566. The highest BCUT2D eigenvalue weighted by atomic mass is 16.6. The van der Waals surface area contributed by atoms with E-state index in [1.54, 1.807) is 27.7 Å². The lowest BCUT2D eigenvalue weighted by atomic mass is 10.2. The fourth-order valence-corrected chi connectivity index (χ4v) is 0.994. The van der Waals surface area contributed by atoms with E-state index in [0.29, 0.717) is 0 Å². The molecule has 8 nitrogen and oxygen atoms in total. The van der Waals surface area contributed by atoms with Gasteiger partial charge in [0.2, 0.25) is 5.91 Å². The second-order valence-electron chi connectivity index (χ2n) is 4.80. The highest BCUT2D eigenvalue weighted by molar-refractivity contribution is 6.37. The van der Waals surface area contributed by atoms with Gasteiger partial charge in [-0.3, -0.25) is 4.79 Å². The van der Waals surface area contributed by atoms with Crippen LogP contribution in [0.25, 0.3) is 0 Å². The molecule has 0 aliphatic carbocycles. The minimum Gasteiger partial charge on any atom is -0.461 e. The first kappa shape index (κ1) is 17.9. The second kappa shape index (κ2) is 8.13. The summed E-state index contributed by atoms with van der Waals surface area (Å²) in [4.78, 5) is 33.8.